The maximum absolute atomic E-state index is 12.3. The number of hydrogen-bond acceptors (Lipinski definition) is 7. The van der Waals surface area contributed by atoms with Gasteiger partial charge in [0.1, 0.15) is 23.3 Å². The van der Waals surface area contributed by atoms with Gasteiger partial charge in [-0.25, -0.2) is 9.78 Å². The summed E-state index contributed by atoms with van der Waals surface area (Å²) in [7, 11) is 0. The van der Waals surface area contributed by atoms with E-state index < -0.39 is 0 Å². The van der Waals surface area contributed by atoms with Crippen LogP contribution < -0.4 is 5.32 Å². The average Bonchev–Trinajstić information content (AvgIpc) is 3.41. The maximum Gasteiger partial charge on any atom is 0.338 e. The van der Waals surface area contributed by atoms with Gasteiger partial charge in [-0.05, 0) is 54.2 Å². The van der Waals surface area contributed by atoms with E-state index in [1.54, 1.807) is 30.5 Å². The molecule has 3 aromatic carbocycles. The van der Waals surface area contributed by atoms with Crippen molar-refractivity contribution in [1.29, 1.82) is 5.26 Å². The number of nitrogens with zero attached hydrogens (tertiary/aromatic N) is 3. The molecule has 0 fully saturated rings. The van der Waals surface area contributed by atoms with E-state index in [1.807, 2.05) is 23.6 Å². The van der Waals surface area contributed by atoms with Crippen LogP contribution in [0.3, 0.4) is 0 Å². The molecule has 7 heteroatoms. The van der Waals surface area contributed by atoms with Crippen molar-refractivity contribution in [2.24, 2.45) is 0 Å². The molecule has 0 unspecified atom stereocenters. The average molecular weight is 497 g/mol. The van der Waals surface area contributed by atoms with Crippen LogP contribution in [0.4, 0.5) is 5.69 Å². The molecule has 1 N–H and O–H groups in total. The summed E-state index contributed by atoms with van der Waals surface area (Å²) in [6.45, 7) is 7.11. The van der Waals surface area contributed by atoms with E-state index in [-0.39, 0.29) is 5.97 Å². The Morgan fingerprint density at radius 2 is 1.83 bits per heavy atom. The van der Waals surface area contributed by atoms with Gasteiger partial charge in [-0.2, -0.15) is 5.26 Å². The Kier molecular flexibility index (Phi) is 8.45. The molecular formula is C29H28N4O2S. The number of fused-ring (bicyclic) bond motifs is 1. The number of carbonyl (C=O) groups excluding carboxylic acids is 1. The van der Waals surface area contributed by atoms with Crippen molar-refractivity contribution < 1.29 is 9.53 Å². The van der Waals surface area contributed by atoms with Crippen molar-refractivity contribution in [2.75, 3.05) is 31.6 Å². The second-order valence-corrected chi connectivity index (χ2v) is 9.01. The van der Waals surface area contributed by atoms with Gasteiger partial charge in [0.2, 0.25) is 0 Å². The summed E-state index contributed by atoms with van der Waals surface area (Å²) in [5.74, 6) is -0.342. The van der Waals surface area contributed by atoms with Crippen molar-refractivity contribution >= 4 is 39.3 Å². The lowest BCUT2D eigenvalue weighted by Gasteiger charge is -2.17. The highest BCUT2D eigenvalue weighted by atomic mass is 32.1. The lowest BCUT2D eigenvalue weighted by molar-refractivity contribution is 0.0466. The molecule has 0 aliphatic rings. The van der Waals surface area contributed by atoms with Crippen LogP contribution in [-0.4, -0.2) is 42.1 Å². The van der Waals surface area contributed by atoms with Gasteiger partial charge in [-0.15, -0.1) is 11.3 Å². The fourth-order valence-electron chi connectivity index (χ4n) is 3.77. The number of esters is 1. The molecular weight excluding hydrogens is 468 g/mol. The zero-order chi connectivity index (χ0) is 25.3. The van der Waals surface area contributed by atoms with Gasteiger partial charge < -0.3 is 15.0 Å². The number of aromatic nitrogens is 1. The topological polar surface area (TPSA) is 78.2 Å². The Labute approximate surface area is 215 Å². The third-order valence-corrected chi connectivity index (χ3v) is 6.81. The summed E-state index contributed by atoms with van der Waals surface area (Å²) in [6, 6.07) is 23.7. The van der Waals surface area contributed by atoms with Gasteiger partial charge in [0.15, 0.2) is 0 Å². The van der Waals surface area contributed by atoms with Gasteiger partial charge in [0.25, 0.3) is 0 Å². The number of rotatable bonds is 10. The minimum atomic E-state index is -0.342. The van der Waals surface area contributed by atoms with Crippen molar-refractivity contribution in [3.63, 3.8) is 0 Å². The Morgan fingerprint density at radius 3 is 2.56 bits per heavy atom. The first-order chi connectivity index (χ1) is 17.6. The Morgan fingerprint density at radius 1 is 1.08 bits per heavy atom. The van der Waals surface area contributed by atoms with Gasteiger partial charge in [0, 0.05) is 29.4 Å². The zero-order valence-corrected chi connectivity index (χ0v) is 21.2. The molecule has 4 aromatic rings. The van der Waals surface area contributed by atoms with Gasteiger partial charge in [-0.3, -0.25) is 0 Å². The van der Waals surface area contributed by atoms with Crippen molar-refractivity contribution in [3.8, 4) is 17.3 Å². The summed E-state index contributed by atoms with van der Waals surface area (Å²) >= 11 is 1.43. The number of likely N-dealkylation sites (N-methyl/N-ethyl adjacent to an activating group) is 1. The number of nitriles is 1. The highest BCUT2D eigenvalue weighted by Gasteiger charge is 2.11. The Hall–Kier alpha value is -3.99. The molecule has 0 amide bonds. The molecule has 0 radical (unpaired) electrons. The van der Waals surface area contributed by atoms with E-state index in [2.05, 4.69) is 59.4 Å². The molecule has 182 valence electrons. The van der Waals surface area contributed by atoms with Crippen LogP contribution in [0, 0.1) is 11.3 Å². The lowest BCUT2D eigenvalue weighted by Crippen LogP contribution is -2.27. The third kappa shape index (κ3) is 6.16. The van der Waals surface area contributed by atoms with Gasteiger partial charge in [0.05, 0.1) is 11.3 Å². The summed E-state index contributed by atoms with van der Waals surface area (Å²) < 4.78 is 5.38. The standard InChI is InChI=1S/C29H28N4O2S/c1-3-33(4-2)15-16-35-29(34)22-11-13-26(14-12-22)31-19-25(18-30)28-32-27(20-36-28)24-10-9-21-7-5-6-8-23(21)17-24/h5-14,17,19-20,31H,3-4,15-16H2,1-2H3/b25-19-. The second kappa shape index (κ2) is 12.1. The molecule has 0 atom stereocenters. The first-order valence-electron chi connectivity index (χ1n) is 11.9. The summed E-state index contributed by atoms with van der Waals surface area (Å²) in [6.07, 6.45) is 1.64. The number of thiazole rings is 1. The molecule has 1 heterocycles. The number of anilines is 1. The zero-order valence-electron chi connectivity index (χ0n) is 20.4. The molecule has 0 aliphatic heterocycles. The molecule has 4 rings (SSSR count). The fourth-order valence-corrected chi connectivity index (χ4v) is 4.56. The van der Waals surface area contributed by atoms with Gasteiger partial charge >= 0.3 is 5.97 Å². The predicted octanol–water partition coefficient (Wildman–Crippen LogP) is 6.44. The van der Waals surface area contributed by atoms with Crippen molar-refractivity contribution in [1.82, 2.24) is 9.88 Å². The first kappa shape index (κ1) is 25.1. The van der Waals surface area contributed by atoms with Crippen LogP contribution >= 0.6 is 11.3 Å². The molecule has 36 heavy (non-hydrogen) atoms. The number of ether oxygens (including phenoxy) is 1. The molecule has 0 bridgehead atoms. The molecule has 0 aliphatic carbocycles. The fraction of sp³-hybridized carbons (Fsp3) is 0.207. The van der Waals surface area contributed by atoms with E-state index in [0.717, 1.165) is 42.0 Å². The second-order valence-electron chi connectivity index (χ2n) is 8.15. The van der Waals surface area contributed by atoms with Crippen LogP contribution in [-0.2, 0) is 4.74 Å². The minimum Gasteiger partial charge on any atom is -0.461 e. The van der Waals surface area contributed by atoms with E-state index in [0.29, 0.717) is 22.8 Å². The lowest BCUT2D eigenvalue weighted by atomic mass is 10.1. The number of benzene rings is 3. The smallest absolute Gasteiger partial charge is 0.338 e. The van der Waals surface area contributed by atoms with Crippen molar-refractivity contribution in [3.05, 3.63) is 88.9 Å². The van der Waals surface area contributed by atoms with Crippen LogP contribution in [0.5, 0.6) is 0 Å². The van der Waals surface area contributed by atoms with Crippen LogP contribution in [0.25, 0.3) is 27.6 Å². The number of allylic oxidation sites excluding steroid dienone is 1. The first-order valence-corrected chi connectivity index (χ1v) is 12.8. The molecule has 1 aromatic heterocycles. The quantitative estimate of drug-likeness (QED) is 0.201. The monoisotopic (exact) mass is 496 g/mol. The molecule has 0 saturated carbocycles. The minimum absolute atomic E-state index is 0.342. The highest BCUT2D eigenvalue weighted by Crippen LogP contribution is 2.28. The SMILES string of the molecule is CCN(CC)CCOC(=O)c1ccc(N/C=C(/C#N)c2nc(-c3ccc4ccccc4c3)cs2)cc1. The third-order valence-electron chi connectivity index (χ3n) is 5.94. The van der Waals surface area contributed by atoms with E-state index in [1.165, 1.54) is 16.7 Å². The van der Waals surface area contributed by atoms with E-state index >= 15 is 0 Å². The summed E-state index contributed by atoms with van der Waals surface area (Å²) in [4.78, 5) is 19.2. The maximum atomic E-state index is 12.3. The van der Waals surface area contributed by atoms with Crippen LogP contribution in [0.15, 0.2) is 78.3 Å². The van der Waals surface area contributed by atoms with Crippen molar-refractivity contribution in [2.45, 2.75) is 13.8 Å². The van der Waals surface area contributed by atoms with E-state index in [4.69, 9.17) is 4.74 Å². The summed E-state index contributed by atoms with van der Waals surface area (Å²) in [5, 5.41) is 17.8. The predicted molar refractivity (Wildman–Crippen MR) is 147 cm³/mol. The number of hydrogen-bond donors (Lipinski definition) is 1. The Bertz CT molecular complexity index is 1400. The number of nitrogens with one attached hydrogen (secondary N) is 1. The van der Waals surface area contributed by atoms with Crippen LogP contribution in [0.2, 0.25) is 0 Å². The van der Waals surface area contributed by atoms with E-state index in [9.17, 15) is 10.1 Å². The molecule has 6 nitrogen and oxygen atoms in total. The normalized spacial score (nSPS) is 11.4. The largest absolute Gasteiger partial charge is 0.461 e. The van der Waals surface area contributed by atoms with Gasteiger partial charge in [-0.1, -0.05) is 50.2 Å². The Balaban J connectivity index is 1.39. The highest BCUT2D eigenvalue weighted by molar-refractivity contribution is 7.11. The van der Waals surface area contributed by atoms with Crippen LogP contribution in [0.1, 0.15) is 29.2 Å². The molecule has 0 saturated heterocycles. The number of carbonyl (C=O) groups is 1. The summed E-state index contributed by atoms with van der Waals surface area (Å²) in [5.41, 5.74) is 3.54. The molecule has 0 spiro atoms.